The van der Waals surface area contributed by atoms with Crippen molar-refractivity contribution < 1.29 is 9.53 Å². The van der Waals surface area contributed by atoms with Gasteiger partial charge in [0.1, 0.15) is 5.75 Å². The van der Waals surface area contributed by atoms with Crippen LogP contribution in [0.5, 0.6) is 5.75 Å². The summed E-state index contributed by atoms with van der Waals surface area (Å²) in [5.74, 6) is 1.43. The van der Waals surface area contributed by atoms with Crippen LogP contribution in [0.4, 0.5) is 5.69 Å². The van der Waals surface area contributed by atoms with E-state index in [1.54, 1.807) is 7.11 Å². The summed E-state index contributed by atoms with van der Waals surface area (Å²) < 4.78 is 5.27. The Balaban J connectivity index is 1.74. The number of aromatic amines is 1. The summed E-state index contributed by atoms with van der Waals surface area (Å²) in [5.41, 5.74) is 5.07. The fourth-order valence-electron chi connectivity index (χ4n) is 3.80. The van der Waals surface area contributed by atoms with Gasteiger partial charge in [0.25, 0.3) is 5.91 Å². The van der Waals surface area contributed by atoms with E-state index in [1.807, 2.05) is 47.4 Å². The number of anilines is 1. The number of nitrogens with one attached hydrogen (secondary N) is 1. The summed E-state index contributed by atoms with van der Waals surface area (Å²) in [6.45, 7) is 6.32. The van der Waals surface area contributed by atoms with Crippen molar-refractivity contribution in [3.8, 4) is 5.75 Å². The van der Waals surface area contributed by atoms with Crippen LogP contribution >= 0.6 is 0 Å². The summed E-state index contributed by atoms with van der Waals surface area (Å²) in [6.07, 6.45) is 2.38. The zero-order valence-corrected chi connectivity index (χ0v) is 16.4. The Morgan fingerprint density at radius 1 is 1.15 bits per heavy atom. The smallest absolute Gasteiger partial charge is 0.258 e. The Hall–Kier alpha value is -2.75. The van der Waals surface area contributed by atoms with Crippen LogP contribution < -0.4 is 9.64 Å². The number of nitrogens with zero attached hydrogens (tertiary/aromatic N) is 1. The molecule has 4 heteroatoms. The number of rotatable bonds is 5. The number of methoxy groups -OCH3 is 1. The van der Waals surface area contributed by atoms with Crippen molar-refractivity contribution in [2.24, 2.45) is 5.92 Å². The Bertz CT molecular complexity index is 984. The van der Waals surface area contributed by atoms with Gasteiger partial charge in [-0.05, 0) is 87.6 Å². The highest BCUT2D eigenvalue weighted by Crippen LogP contribution is 2.38. The van der Waals surface area contributed by atoms with Crippen LogP contribution in [-0.4, -0.2) is 24.0 Å². The third-order valence-corrected chi connectivity index (χ3v) is 5.84. The molecule has 1 amide bonds. The lowest BCUT2D eigenvalue weighted by atomic mass is 10.1. The molecule has 0 radical (unpaired) electrons. The zero-order valence-electron chi connectivity index (χ0n) is 16.4. The van der Waals surface area contributed by atoms with Crippen LogP contribution in [0.15, 0.2) is 42.5 Å². The average Bonchev–Trinajstić information content (AvgIpc) is 3.49. The molecule has 2 aromatic carbocycles. The number of carbonyl (C=O) groups is 1. The van der Waals surface area contributed by atoms with Gasteiger partial charge in [-0.25, -0.2) is 0 Å². The predicted octanol–water partition coefficient (Wildman–Crippen LogP) is 5.24. The number of carbonyl (C=O) groups excluding carboxylic acids is 1. The standard InChI is InChI=1S/C23H26N2O2/c1-14-15(2)24-22-12-7-18(13-21(14)22)23(26)25(16(3)17-5-6-17)19-8-10-20(27-4)11-9-19/h7-13,16-17,24H,5-6H2,1-4H3/t16-/m1/s1. The van der Waals surface area contributed by atoms with E-state index >= 15 is 0 Å². The molecule has 0 saturated heterocycles. The minimum Gasteiger partial charge on any atom is -0.497 e. The van der Waals surface area contributed by atoms with E-state index in [0.29, 0.717) is 5.92 Å². The van der Waals surface area contributed by atoms with Crippen LogP contribution in [0.2, 0.25) is 0 Å². The third-order valence-electron chi connectivity index (χ3n) is 5.84. The summed E-state index contributed by atoms with van der Waals surface area (Å²) in [7, 11) is 1.65. The lowest BCUT2D eigenvalue weighted by molar-refractivity contribution is 0.0976. The first-order valence-corrected chi connectivity index (χ1v) is 9.56. The molecule has 1 aromatic heterocycles. The molecule has 0 bridgehead atoms. The minimum absolute atomic E-state index is 0.0553. The first kappa shape index (κ1) is 17.7. The van der Waals surface area contributed by atoms with E-state index in [2.05, 4.69) is 25.8 Å². The molecule has 1 atom stereocenters. The van der Waals surface area contributed by atoms with E-state index < -0.39 is 0 Å². The van der Waals surface area contributed by atoms with Crippen LogP contribution in [-0.2, 0) is 0 Å². The zero-order chi connectivity index (χ0) is 19.1. The molecular formula is C23H26N2O2. The van der Waals surface area contributed by atoms with E-state index in [-0.39, 0.29) is 11.9 Å². The molecule has 1 heterocycles. The van der Waals surface area contributed by atoms with Crippen LogP contribution in [0.1, 0.15) is 41.4 Å². The second-order valence-electron chi connectivity index (χ2n) is 7.59. The molecule has 140 valence electrons. The minimum atomic E-state index is 0.0553. The largest absolute Gasteiger partial charge is 0.497 e. The van der Waals surface area contributed by atoms with E-state index in [1.165, 1.54) is 18.4 Å². The predicted molar refractivity (Wildman–Crippen MR) is 110 cm³/mol. The number of aryl methyl sites for hydroxylation is 2. The lowest BCUT2D eigenvalue weighted by Crippen LogP contribution is -2.40. The van der Waals surface area contributed by atoms with E-state index in [9.17, 15) is 4.79 Å². The highest BCUT2D eigenvalue weighted by Gasteiger charge is 2.35. The second-order valence-corrected chi connectivity index (χ2v) is 7.59. The first-order chi connectivity index (χ1) is 13.0. The molecule has 1 saturated carbocycles. The Morgan fingerprint density at radius 3 is 2.48 bits per heavy atom. The van der Waals surface area contributed by atoms with E-state index in [0.717, 1.165) is 33.6 Å². The molecule has 1 aliphatic rings. The van der Waals surface area contributed by atoms with Gasteiger partial charge in [-0.1, -0.05) is 0 Å². The van der Waals surface area contributed by atoms with Gasteiger partial charge in [0, 0.05) is 33.9 Å². The molecule has 4 rings (SSSR count). The fraction of sp³-hybridized carbons (Fsp3) is 0.348. The number of H-pyrrole nitrogens is 1. The topological polar surface area (TPSA) is 45.3 Å². The number of hydrogen-bond acceptors (Lipinski definition) is 2. The molecule has 0 spiro atoms. The Kier molecular flexibility index (Phi) is 4.42. The van der Waals surface area contributed by atoms with Gasteiger partial charge in [0.15, 0.2) is 0 Å². The van der Waals surface area contributed by atoms with Gasteiger partial charge in [-0.3, -0.25) is 4.79 Å². The molecule has 1 N–H and O–H groups in total. The molecule has 4 nitrogen and oxygen atoms in total. The normalized spacial score (nSPS) is 15.0. The maximum atomic E-state index is 13.5. The van der Waals surface area contributed by atoms with Crippen molar-refractivity contribution in [1.82, 2.24) is 4.98 Å². The Labute approximate surface area is 160 Å². The summed E-state index contributed by atoms with van der Waals surface area (Å²) in [5, 5.41) is 1.12. The maximum Gasteiger partial charge on any atom is 0.258 e. The highest BCUT2D eigenvalue weighted by molar-refractivity contribution is 6.08. The molecule has 27 heavy (non-hydrogen) atoms. The monoisotopic (exact) mass is 362 g/mol. The van der Waals surface area contributed by atoms with Crippen molar-refractivity contribution in [3.05, 3.63) is 59.3 Å². The van der Waals surface area contributed by atoms with Crippen LogP contribution in [0, 0.1) is 19.8 Å². The molecular weight excluding hydrogens is 336 g/mol. The van der Waals surface area contributed by atoms with Gasteiger partial charge in [0.2, 0.25) is 0 Å². The number of aromatic nitrogens is 1. The molecule has 1 fully saturated rings. The molecule has 1 aliphatic carbocycles. The van der Waals surface area contributed by atoms with Crippen LogP contribution in [0.3, 0.4) is 0 Å². The average molecular weight is 362 g/mol. The molecule has 0 unspecified atom stereocenters. The SMILES string of the molecule is COc1ccc(N(C(=O)c2ccc3[nH]c(C)c(C)c3c2)[C@H](C)C2CC2)cc1. The summed E-state index contributed by atoms with van der Waals surface area (Å²) in [6, 6.07) is 13.9. The maximum absolute atomic E-state index is 13.5. The van der Waals surface area contributed by atoms with E-state index in [4.69, 9.17) is 4.74 Å². The quantitative estimate of drug-likeness (QED) is 0.675. The van der Waals surface area contributed by atoms with Gasteiger partial charge >= 0.3 is 0 Å². The summed E-state index contributed by atoms with van der Waals surface area (Å²) >= 11 is 0. The van der Waals surface area contributed by atoms with Gasteiger partial charge in [0.05, 0.1) is 7.11 Å². The Morgan fingerprint density at radius 2 is 1.85 bits per heavy atom. The van der Waals surface area contributed by atoms with Crippen molar-refractivity contribution >= 4 is 22.5 Å². The first-order valence-electron chi connectivity index (χ1n) is 9.56. The number of amides is 1. The second kappa shape index (κ2) is 6.76. The molecule has 3 aromatic rings. The van der Waals surface area contributed by atoms with Gasteiger partial charge in [-0.15, -0.1) is 0 Å². The van der Waals surface area contributed by atoms with Crippen LogP contribution in [0.25, 0.3) is 10.9 Å². The summed E-state index contributed by atoms with van der Waals surface area (Å²) in [4.78, 5) is 18.8. The molecule has 0 aliphatic heterocycles. The van der Waals surface area contributed by atoms with Crippen molar-refractivity contribution in [3.63, 3.8) is 0 Å². The number of fused-ring (bicyclic) bond motifs is 1. The van der Waals surface area contributed by atoms with Gasteiger partial charge in [-0.2, -0.15) is 0 Å². The highest BCUT2D eigenvalue weighted by atomic mass is 16.5. The van der Waals surface area contributed by atoms with Crippen molar-refractivity contribution in [2.75, 3.05) is 12.0 Å². The van der Waals surface area contributed by atoms with Crippen molar-refractivity contribution in [2.45, 2.75) is 39.7 Å². The third kappa shape index (κ3) is 3.20. The number of benzene rings is 2. The van der Waals surface area contributed by atoms with Gasteiger partial charge < -0.3 is 14.6 Å². The number of ether oxygens (including phenoxy) is 1. The number of hydrogen-bond donors (Lipinski definition) is 1. The lowest BCUT2D eigenvalue weighted by Gasteiger charge is -2.30. The fourth-order valence-corrected chi connectivity index (χ4v) is 3.80. The van der Waals surface area contributed by atoms with Crippen molar-refractivity contribution in [1.29, 1.82) is 0 Å².